The zero-order chi connectivity index (χ0) is 15.5. The normalized spacial score (nSPS) is 10.7. The summed E-state index contributed by atoms with van der Waals surface area (Å²) >= 11 is 3.45. The van der Waals surface area contributed by atoms with Gasteiger partial charge in [-0.05, 0) is 55.3 Å². The molecular formula is C19H18BrNO. The van der Waals surface area contributed by atoms with Crippen LogP contribution in [0.25, 0.3) is 11.3 Å². The van der Waals surface area contributed by atoms with E-state index >= 15 is 0 Å². The number of benzene rings is 2. The van der Waals surface area contributed by atoms with Crippen molar-refractivity contribution in [1.29, 1.82) is 0 Å². The quantitative estimate of drug-likeness (QED) is 0.626. The Bertz CT molecular complexity index is 774. The third-order valence-corrected chi connectivity index (χ3v) is 4.17. The molecule has 0 aliphatic heterocycles. The molecule has 2 nitrogen and oxygen atoms in total. The molecular weight excluding hydrogens is 338 g/mol. The van der Waals surface area contributed by atoms with Crippen LogP contribution in [-0.4, -0.2) is 0 Å². The lowest BCUT2D eigenvalue weighted by molar-refractivity contribution is 0.531. The van der Waals surface area contributed by atoms with Crippen molar-refractivity contribution < 1.29 is 4.42 Å². The zero-order valence-electron chi connectivity index (χ0n) is 12.7. The number of aryl methyl sites for hydroxylation is 2. The summed E-state index contributed by atoms with van der Waals surface area (Å²) in [7, 11) is 0. The number of halogens is 1. The van der Waals surface area contributed by atoms with E-state index in [-0.39, 0.29) is 0 Å². The summed E-state index contributed by atoms with van der Waals surface area (Å²) in [6.07, 6.45) is 0. The van der Waals surface area contributed by atoms with Gasteiger partial charge in [0.2, 0.25) is 0 Å². The molecule has 3 heteroatoms. The predicted octanol–water partition coefficient (Wildman–Crippen LogP) is 5.94. The first kappa shape index (κ1) is 14.9. The molecule has 0 bridgehead atoms. The van der Waals surface area contributed by atoms with Crippen LogP contribution in [0, 0.1) is 13.8 Å². The Morgan fingerprint density at radius 1 is 0.955 bits per heavy atom. The minimum Gasteiger partial charge on any atom is -0.459 e. The molecule has 0 atom stereocenters. The average molecular weight is 356 g/mol. The Balaban J connectivity index is 1.72. The Morgan fingerprint density at radius 2 is 1.73 bits per heavy atom. The first-order valence-electron chi connectivity index (χ1n) is 7.27. The van der Waals surface area contributed by atoms with Gasteiger partial charge in [-0.2, -0.15) is 0 Å². The van der Waals surface area contributed by atoms with E-state index in [1.165, 1.54) is 11.1 Å². The minimum atomic E-state index is 0.681. The highest BCUT2D eigenvalue weighted by atomic mass is 79.9. The maximum atomic E-state index is 5.92. The van der Waals surface area contributed by atoms with Crippen molar-refractivity contribution in [3.05, 3.63) is 76.0 Å². The highest BCUT2D eigenvalue weighted by Crippen LogP contribution is 2.25. The highest BCUT2D eigenvalue weighted by molar-refractivity contribution is 9.10. The van der Waals surface area contributed by atoms with Crippen molar-refractivity contribution in [3.63, 3.8) is 0 Å². The number of furan rings is 1. The number of anilines is 1. The van der Waals surface area contributed by atoms with Crippen LogP contribution < -0.4 is 5.32 Å². The van der Waals surface area contributed by atoms with Crippen LogP contribution in [0.2, 0.25) is 0 Å². The van der Waals surface area contributed by atoms with Gasteiger partial charge in [0.25, 0.3) is 0 Å². The maximum Gasteiger partial charge on any atom is 0.134 e. The topological polar surface area (TPSA) is 25.2 Å². The molecule has 0 saturated carbocycles. The second-order valence-corrected chi connectivity index (χ2v) is 6.36. The number of rotatable bonds is 4. The van der Waals surface area contributed by atoms with Gasteiger partial charge in [0.1, 0.15) is 11.5 Å². The molecule has 0 saturated heterocycles. The van der Waals surface area contributed by atoms with E-state index in [0.717, 1.165) is 27.2 Å². The lowest BCUT2D eigenvalue weighted by Gasteiger charge is -2.09. The molecule has 1 N–H and O–H groups in total. The van der Waals surface area contributed by atoms with Gasteiger partial charge in [-0.15, -0.1) is 0 Å². The number of hydrogen-bond acceptors (Lipinski definition) is 2. The molecule has 0 unspecified atom stereocenters. The molecule has 0 fully saturated rings. The Morgan fingerprint density at radius 3 is 2.50 bits per heavy atom. The van der Waals surface area contributed by atoms with Crippen molar-refractivity contribution in [2.75, 3.05) is 5.32 Å². The van der Waals surface area contributed by atoms with Gasteiger partial charge >= 0.3 is 0 Å². The van der Waals surface area contributed by atoms with E-state index in [1.807, 2.05) is 36.4 Å². The molecule has 0 spiro atoms. The lowest BCUT2D eigenvalue weighted by Crippen LogP contribution is -2.00. The molecule has 112 valence electrons. The summed E-state index contributed by atoms with van der Waals surface area (Å²) in [6, 6.07) is 18.6. The Labute approximate surface area is 139 Å². The fourth-order valence-corrected chi connectivity index (χ4v) is 2.62. The van der Waals surface area contributed by atoms with Gasteiger partial charge in [-0.3, -0.25) is 0 Å². The monoisotopic (exact) mass is 355 g/mol. The largest absolute Gasteiger partial charge is 0.459 e. The van der Waals surface area contributed by atoms with Gasteiger partial charge in [-0.25, -0.2) is 0 Å². The first-order valence-corrected chi connectivity index (χ1v) is 8.07. The van der Waals surface area contributed by atoms with E-state index in [0.29, 0.717) is 6.54 Å². The fourth-order valence-electron chi connectivity index (χ4n) is 2.35. The first-order chi connectivity index (χ1) is 10.6. The van der Waals surface area contributed by atoms with Crippen molar-refractivity contribution in [2.24, 2.45) is 0 Å². The summed E-state index contributed by atoms with van der Waals surface area (Å²) in [5.41, 5.74) is 4.73. The van der Waals surface area contributed by atoms with Gasteiger partial charge in [0.15, 0.2) is 0 Å². The smallest absolute Gasteiger partial charge is 0.134 e. The van der Waals surface area contributed by atoms with Crippen LogP contribution in [0.3, 0.4) is 0 Å². The van der Waals surface area contributed by atoms with E-state index < -0.39 is 0 Å². The minimum absolute atomic E-state index is 0.681. The molecule has 1 heterocycles. The van der Waals surface area contributed by atoms with Crippen molar-refractivity contribution >= 4 is 21.6 Å². The van der Waals surface area contributed by atoms with Crippen LogP contribution in [0.15, 0.2) is 63.5 Å². The fraction of sp³-hybridized carbons (Fsp3) is 0.158. The number of nitrogens with one attached hydrogen (secondary N) is 1. The third-order valence-electron chi connectivity index (χ3n) is 3.64. The molecule has 2 aromatic carbocycles. The zero-order valence-corrected chi connectivity index (χ0v) is 14.3. The van der Waals surface area contributed by atoms with Crippen molar-refractivity contribution in [1.82, 2.24) is 0 Å². The van der Waals surface area contributed by atoms with E-state index in [2.05, 4.69) is 53.3 Å². The summed E-state index contributed by atoms with van der Waals surface area (Å²) in [4.78, 5) is 0. The van der Waals surface area contributed by atoms with Crippen LogP contribution in [-0.2, 0) is 6.54 Å². The van der Waals surface area contributed by atoms with Crippen molar-refractivity contribution in [2.45, 2.75) is 20.4 Å². The second-order valence-electron chi connectivity index (χ2n) is 5.44. The van der Waals surface area contributed by atoms with Gasteiger partial charge < -0.3 is 9.73 Å². The van der Waals surface area contributed by atoms with Crippen molar-refractivity contribution in [3.8, 4) is 11.3 Å². The average Bonchev–Trinajstić information content (AvgIpc) is 2.98. The number of hydrogen-bond donors (Lipinski definition) is 1. The molecule has 0 radical (unpaired) electrons. The van der Waals surface area contributed by atoms with Gasteiger partial charge in [0, 0.05) is 15.7 Å². The Hall–Kier alpha value is -2.00. The highest BCUT2D eigenvalue weighted by Gasteiger charge is 2.05. The van der Waals surface area contributed by atoms with Crippen LogP contribution in [0.1, 0.15) is 16.9 Å². The second kappa shape index (κ2) is 6.41. The van der Waals surface area contributed by atoms with Gasteiger partial charge in [0.05, 0.1) is 6.54 Å². The summed E-state index contributed by atoms with van der Waals surface area (Å²) < 4.78 is 6.99. The Kier molecular flexibility index (Phi) is 4.34. The molecule has 3 aromatic rings. The standard InChI is InChI=1S/C19H18BrNO/c1-13-3-4-14(2)18(11-13)21-12-17-9-10-19(22-17)15-5-7-16(20)8-6-15/h3-11,21H,12H2,1-2H3. The SMILES string of the molecule is Cc1ccc(C)c(NCc2ccc(-c3ccc(Br)cc3)o2)c1. The molecule has 1 aromatic heterocycles. The molecule has 0 aliphatic carbocycles. The molecule has 22 heavy (non-hydrogen) atoms. The predicted molar refractivity (Wildman–Crippen MR) is 95.1 cm³/mol. The maximum absolute atomic E-state index is 5.92. The lowest BCUT2D eigenvalue weighted by atomic mass is 10.1. The van der Waals surface area contributed by atoms with E-state index in [9.17, 15) is 0 Å². The molecule has 3 rings (SSSR count). The van der Waals surface area contributed by atoms with Crippen LogP contribution >= 0.6 is 15.9 Å². The third kappa shape index (κ3) is 3.42. The van der Waals surface area contributed by atoms with Gasteiger partial charge in [-0.1, -0.05) is 40.2 Å². The van der Waals surface area contributed by atoms with E-state index in [1.54, 1.807) is 0 Å². The molecule has 0 aliphatic rings. The van der Waals surface area contributed by atoms with Crippen LogP contribution in [0.4, 0.5) is 5.69 Å². The summed E-state index contributed by atoms with van der Waals surface area (Å²) in [5.74, 6) is 1.82. The summed E-state index contributed by atoms with van der Waals surface area (Å²) in [6.45, 7) is 4.89. The van der Waals surface area contributed by atoms with E-state index in [4.69, 9.17) is 4.42 Å². The molecule has 0 amide bonds. The summed E-state index contributed by atoms with van der Waals surface area (Å²) in [5, 5.41) is 3.44. The van der Waals surface area contributed by atoms with Crippen LogP contribution in [0.5, 0.6) is 0 Å².